The third kappa shape index (κ3) is 3.49. The number of nitrogens with zero attached hydrogens (tertiary/aromatic N) is 1. The summed E-state index contributed by atoms with van der Waals surface area (Å²) in [5.74, 6) is 0. The van der Waals surface area contributed by atoms with Gasteiger partial charge in [0.15, 0.2) is 0 Å². The molecule has 1 aliphatic rings. The summed E-state index contributed by atoms with van der Waals surface area (Å²) in [6, 6.07) is 8.47. The normalized spacial score (nSPS) is 16.9. The number of halogens is 1. The van der Waals surface area contributed by atoms with Gasteiger partial charge in [-0.3, -0.25) is 0 Å². The SMILES string of the molecule is NC(=O)N1CCC(Nc2ccc(I)cc2)CC1. The summed E-state index contributed by atoms with van der Waals surface area (Å²) in [4.78, 5) is 12.7. The van der Waals surface area contributed by atoms with E-state index in [0.717, 1.165) is 31.6 Å². The molecule has 17 heavy (non-hydrogen) atoms. The Hall–Kier alpha value is -0.980. The first-order valence-electron chi connectivity index (χ1n) is 5.71. The second-order valence-corrected chi connectivity index (χ2v) is 5.50. The van der Waals surface area contributed by atoms with Gasteiger partial charge in [-0.25, -0.2) is 4.79 Å². The van der Waals surface area contributed by atoms with Gasteiger partial charge in [0.05, 0.1) is 0 Å². The van der Waals surface area contributed by atoms with Crippen LogP contribution in [0.5, 0.6) is 0 Å². The fourth-order valence-corrected chi connectivity index (χ4v) is 2.39. The van der Waals surface area contributed by atoms with E-state index < -0.39 is 0 Å². The third-order valence-electron chi connectivity index (χ3n) is 3.02. The summed E-state index contributed by atoms with van der Waals surface area (Å²) in [6.07, 6.45) is 1.91. The topological polar surface area (TPSA) is 58.4 Å². The number of hydrogen-bond acceptors (Lipinski definition) is 2. The van der Waals surface area contributed by atoms with Gasteiger partial charge >= 0.3 is 6.03 Å². The average Bonchev–Trinajstić information content (AvgIpc) is 2.33. The summed E-state index contributed by atoms with van der Waals surface area (Å²) in [5.41, 5.74) is 6.39. The lowest BCUT2D eigenvalue weighted by Gasteiger charge is -2.31. The molecular formula is C12H16IN3O. The molecule has 3 N–H and O–H groups in total. The maximum atomic E-state index is 11.0. The molecule has 1 heterocycles. The molecule has 0 aromatic heterocycles. The number of piperidine rings is 1. The number of hydrogen-bond donors (Lipinski definition) is 2. The molecule has 0 atom stereocenters. The van der Waals surface area contributed by atoms with Gasteiger partial charge in [-0.2, -0.15) is 0 Å². The van der Waals surface area contributed by atoms with Crippen molar-refractivity contribution in [3.05, 3.63) is 27.8 Å². The van der Waals surface area contributed by atoms with Gasteiger partial charge in [0.1, 0.15) is 0 Å². The van der Waals surface area contributed by atoms with Gasteiger partial charge in [-0.05, 0) is 59.7 Å². The van der Waals surface area contributed by atoms with E-state index in [0.29, 0.717) is 6.04 Å². The number of carbonyl (C=O) groups is 1. The number of anilines is 1. The summed E-state index contributed by atoms with van der Waals surface area (Å²) in [6.45, 7) is 1.49. The molecule has 4 nitrogen and oxygen atoms in total. The second kappa shape index (κ2) is 5.57. The smallest absolute Gasteiger partial charge is 0.314 e. The van der Waals surface area contributed by atoms with Crippen LogP contribution in [0.2, 0.25) is 0 Å². The van der Waals surface area contributed by atoms with Gasteiger partial charge in [0, 0.05) is 28.4 Å². The van der Waals surface area contributed by atoms with Gasteiger partial charge < -0.3 is 16.0 Å². The highest BCUT2D eigenvalue weighted by Crippen LogP contribution is 2.17. The minimum absolute atomic E-state index is 0.308. The number of likely N-dealkylation sites (tertiary alicyclic amines) is 1. The number of rotatable bonds is 2. The van der Waals surface area contributed by atoms with Crippen molar-refractivity contribution in [2.75, 3.05) is 18.4 Å². The van der Waals surface area contributed by atoms with Crippen molar-refractivity contribution in [3.63, 3.8) is 0 Å². The fraction of sp³-hybridized carbons (Fsp3) is 0.417. The fourth-order valence-electron chi connectivity index (χ4n) is 2.03. The van der Waals surface area contributed by atoms with Crippen molar-refractivity contribution in [1.82, 2.24) is 4.90 Å². The molecule has 1 aliphatic heterocycles. The molecule has 1 saturated heterocycles. The Balaban J connectivity index is 1.85. The first kappa shape index (κ1) is 12.5. The Bertz CT molecular complexity index is 385. The predicted octanol–water partition coefficient (Wildman–Crippen LogP) is 2.25. The molecule has 2 rings (SSSR count). The van der Waals surface area contributed by atoms with Crippen molar-refractivity contribution in [3.8, 4) is 0 Å². The molecule has 5 heteroatoms. The van der Waals surface area contributed by atoms with Crippen LogP contribution in [0.3, 0.4) is 0 Å². The van der Waals surface area contributed by atoms with Crippen molar-refractivity contribution in [2.45, 2.75) is 18.9 Å². The lowest BCUT2D eigenvalue weighted by atomic mass is 10.1. The van der Waals surface area contributed by atoms with Crippen LogP contribution in [0.15, 0.2) is 24.3 Å². The van der Waals surface area contributed by atoms with Crippen LogP contribution < -0.4 is 11.1 Å². The van der Waals surface area contributed by atoms with Crippen molar-refractivity contribution in [1.29, 1.82) is 0 Å². The Morgan fingerprint density at radius 2 is 1.88 bits per heavy atom. The number of amides is 2. The van der Waals surface area contributed by atoms with E-state index in [9.17, 15) is 4.79 Å². The second-order valence-electron chi connectivity index (χ2n) is 4.25. The maximum Gasteiger partial charge on any atom is 0.314 e. The molecule has 0 saturated carbocycles. The molecule has 1 aromatic rings. The number of primary amides is 1. The van der Waals surface area contributed by atoms with Gasteiger partial charge in [-0.15, -0.1) is 0 Å². The minimum atomic E-state index is -0.308. The zero-order chi connectivity index (χ0) is 12.3. The van der Waals surface area contributed by atoms with Crippen LogP contribution in [0.4, 0.5) is 10.5 Å². The van der Waals surface area contributed by atoms with Crippen molar-refractivity contribution in [2.24, 2.45) is 5.73 Å². The van der Waals surface area contributed by atoms with E-state index >= 15 is 0 Å². The third-order valence-corrected chi connectivity index (χ3v) is 3.74. The molecule has 92 valence electrons. The first-order chi connectivity index (χ1) is 8.15. The molecule has 0 bridgehead atoms. The van der Waals surface area contributed by atoms with Crippen molar-refractivity contribution >= 4 is 34.3 Å². The molecule has 0 spiro atoms. The van der Waals surface area contributed by atoms with Crippen molar-refractivity contribution < 1.29 is 4.79 Å². The summed E-state index contributed by atoms with van der Waals surface area (Å²) in [7, 11) is 0. The van der Waals surface area contributed by atoms with Gasteiger partial charge in [-0.1, -0.05) is 0 Å². The molecular weight excluding hydrogens is 329 g/mol. The van der Waals surface area contributed by atoms with E-state index in [4.69, 9.17) is 5.73 Å². The highest BCUT2D eigenvalue weighted by molar-refractivity contribution is 14.1. The number of carbonyl (C=O) groups excluding carboxylic acids is 1. The molecule has 2 amide bonds. The van der Waals surface area contributed by atoms with E-state index in [2.05, 4.69) is 52.2 Å². The van der Waals surface area contributed by atoms with E-state index in [1.807, 2.05) is 0 Å². The molecule has 1 fully saturated rings. The van der Waals surface area contributed by atoms with Crippen LogP contribution in [0.1, 0.15) is 12.8 Å². The monoisotopic (exact) mass is 345 g/mol. The lowest BCUT2D eigenvalue weighted by Crippen LogP contribution is -2.44. The largest absolute Gasteiger partial charge is 0.382 e. The van der Waals surface area contributed by atoms with Crippen LogP contribution >= 0.6 is 22.6 Å². The van der Waals surface area contributed by atoms with E-state index in [-0.39, 0.29) is 6.03 Å². The summed E-state index contributed by atoms with van der Waals surface area (Å²) >= 11 is 2.29. The van der Waals surface area contributed by atoms with Crippen LogP contribution in [-0.2, 0) is 0 Å². The zero-order valence-electron chi connectivity index (χ0n) is 9.53. The highest BCUT2D eigenvalue weighted by Gasteiger charge is 2.20. The summed E-state index contributed by atoms with van der Waals surface area (Å²) in [5, 5.41) is 3.49. The van der Waals surface area contributed by atoms with Crippen LogP contribution in [0, 0.1) is 3.57 Å². The number of nitrogens with two attached hydrogens (primary N) is 1. The van der Waals surface area contributed by atoms with Crippen LogP contribution in [0.25, 0.3) is 0 Å². The average molecular weight is 345 g/mol. The molecule has 0 radical (unpaired) electrons. The Morgan fingerprint density at radius 1 is 1.29 bits per heavy atom. The quantitative estimate of drug-likeness (QED) is 0.808. The number of nitrogens with one attached hydrogen (secondary N) is 1. The van der Waals surface area contributed by atoms with Crippen LogP contribution in [-0.4, -0.2) is 30.1 Å². The molecule has 0 aliphatic carbocycles. The molecule has 0 unspecified atom stereocenters. The van der Waals surface area contributed by atoms with Gasteiger partial charge in [0.2, 0.25) is 0 Å². The minimum Gasteiger partial charge on any atom is -0.382 e. The zero-order valence-corrected chi connectivity index (χ0v) is 11.7. The van der Waals surface area contributed by atoms with Gasteiger partial charge in [0.25, 0.3) is 0 Å². The number of benzene rings is 1. The van der Waals surface area contributed by atoms with E-state index in [1.165, 1.54) is 3.57 Å². The lowest BCUT2D eigenvalue weighted by molar-refractivity contribution is 0.193. The maximum absolute atomic E-state index is 11.0. The molecule has 1 aromatic carbocycles. The Morgan fingerprint density at radius 3 is 2.41 bits per heavy atom. The standard InChI is InChI=1S/C12H16IN3O/c13-9-1-3-10(4-2-9)15-11-5-7-16(8-6-11)12(14)17/h1-4,11,15H,5-8H2,(H2,14,17). The first-order valence-corrected chi connectivity index (χ1v) is 6.79. The Labute approximate surface area is 115 Å². The predicted molar refractivity (Wildman–Crippen MR) is 77.0 cm³/mol. The summed E-state index contributed by atoms with van der Waals surface area (Å²) < 4.78 is 1.23. The van der Waals surface area contributed by atoms with E-state index in [1.54, 1.807) is 4.90 Å². The Kier molecular flexibility index (Phi) is 4.09. The number of urea groups is 1. The highest BCUT2D eigenvalue weighted by atomic mass is 127.